The normalized spacial score (nSPS) is 11.0. The highest BCUT2D eigenvalue weighted by molar-refractivity contribution is 6.30. The van der Waals surface area contributed by atoms with Crippen molar-refractivity contribution in [2.75, 3.05) is 6.61 Å². The molecule has 0 saturated carbocycles. The van der Waals surface area contributed by atoms with Crippen LogP contribution in [0.3, 0.4) is 0 Å². The van der Waals surface area contributed by atoms with Crippen molar-refractivity contribution in [2.24, 2.45) is 5.10 Å². The second-order valence-electron chi connectivity index (χ2n) is 5.10. The Kier molecular flexibility index (Phi) is 6.98. The molecule has 0 saturated heterocycles. The molecule has 2 aromatic rings. The number of aliphatic carboxylic acids is 1. The summed E-state index contributed by atoms with van der Waals surface area (Å²) in [6.45, 7) is -0.231. The molecule has 0 unspecified atom stereocenters. The minimum absolute atomic E-state index is 0.0807. The number of ether oxygens (including phenoxy) is 1. The number of carboxylic acids is 1. The Labute approximate surface area is 150 Å². The third kappa shape index (κ3) is 6.64. The average Bonchev–Trinajstić information content (AvgIpc) is 2.60. The topological polar surface area (TPSA) is 88.0 Å². The monoisotopic (exact) mass is 360 g/mol. The van der Waals surface area contributed by atoms with Gasteiger partial charge >= 0.3 is 5.97 Å². The van der Waals surface area contributed by atoms with E-state index in [9.17, 15) is 9.59 Å². The molecule has 0 bridgehead atoms. The Balaban J connectivity index is 1.96. The van der Waals surface area contributed by atoms with E-state index >= 15 is 0 Å². The largest absolute Gasteiger partial charge is 0.484 e. The molecule has 25 heavy (non-hydrogen) atoms. The van der Waals surface area contributed by atoms with Gasteiger partial charge in [-0.05, 0) is 23.8 Å². The Morgan fingerprint density at radius 2 is 1.84 bits per heavy atom. The van der Waals surface area contributed by atoms with Gasteiger partial charge in [0, 0.05) is 11.4 Å². The van der Waals surface area contributed by atoms with Gasteiger partial charge < -0.3 is 9.84 Å². The number of nitrogens with zero attached hydrogens (tertiary/aromatic N) is 1. The predicted molar refractivity (Wildman–Crippen MR) is 94.9 cm³/mol. The van der Waals surface area contributed by atoms with Crippen LogP contribution in [-0.4, -0.2) is 29.3 Å². The summed E-state index contributed by atoms with van der Waals surface area (Å²) in [5, 5.41) is 13.4. The maximum atomic E-state index is 11.9. The van der Waals surface area contributed by atoms with E-state index in [2.05, 4.69) is 10.5 Å². The van der Waals surface area contributed by atoms with Crippen LogP contribution in [0.5, 0.6) is 5.75 Å². The molecule has 1 amide bonds. The number of rotatable bonds is 8. The molecule has 130 valence electrons. The number of carbonyl (C=O) groups is 2. The van der Waals surface area contributed by atoms with Crippen LogP contribution < -0.4 is 10.2 Å². The van der Waals surface area contributed by atoms with Crippen molar-refractivity contribution in [3.63, 3.8) is 0 Å². The van der Waals surface area contributed by atoms with Gasteiger partial charge in [0.2, 0.25) is 0 Å². The van der Waals surface area contributed by atoms with Crippen LogP contribution in [-0.2, 0) is 9.59 Å². The van der Waals surface area contributed by atoms with E-state index in [-0.39, 0.29) is 19.4 Å². The molecule has 0 aromatic heterocycles. The summed E-state index contributed by atoms with van der Waals surface area (Å²) >= 11 is 5.84. The predicted octanol–water partition coefficient (Wildman–Crippen LogP) is 3.10. The molecule has 0 heterocycles. The number of nitrogens with one attached hydrogen (secondary N) is 1. The number of benzene rings is 2. The maximum absolute atomic E-state index is 11.9. The van der Waals surface area contributed by atoms with Gasteiger partial charge in [-0.15, -0.1) is 0 Å². The number of amides is 1. The minimum atomic E-state index is -0.931. The van der Waals surface area contributed by atoms with Crippen molar-refractivity contribution in [2.45, 2.75) is 12.8 Å². The molecule has 0 aliphatic heterocycles. The first-order valence-corrected chi connectivity index (χ1v) is 7.93. The van der Waals surface area contributed by atoms with Crippen LogP contribution in [0.4, 0.5) is 0 Å². The molecule has 0 aliphatic rings. The molecule has 2 N–H and O–H groups in total. The second kappa shape index (κ2) is 9.44. The Bertz CT molecular complexity index is 763. The quantitative estimate of drug-likeness (QED) is 0.559. The molecule has 0 atom stereocenters. The summed E-state index contributed by atoms with van der Waals surface area (Å²) in [5.74, 6) is -0.913. The molecule has 2 aromatic carbocycles. The lowest BCUT2D eigenvalue weighted by Gasteiger charge is -2.08. The Hall–Kier alpha value is -2.86. The lowest BCUT2D eigenvalue weighted by molar-refractivity contribution is -0.136. The zero-order chi connectivity index (χ0) is 18.1. The van der Waals surface area contributed by atoms with Crippen molar-refractivity contribution in [1.29, 1.82) is 0 Å². The van der Waals surface area contributed by atoms with Gasteiger partial charge in [-0.1, -0.05) is 48.0 Å². The maximum Gasteiger partial charge on any atom is 0.303 e. The third-order valence-corrected chi connectivity index (χ3v) is 3.40. The van der Waals surface area contributed by atoms with E-state index in [1.807, 2.05) is 18.2 Å². The molecule has 7 heteroatoms. The van der Waals surface area contributed by atoms with Crippen molar-refractivity contribution in [1.82, 2.24) is 5.43 Å². The molecular formula is C18H17ClN2O4. The van der Waals surface area contributed by atoms with Crippen molar-refractivity contribution in [3.8, 4) is 5.75 Å². The van der Waals surface area contributed by atoms with E-state index in [0.717, 1.165) is 5.56 Å². The standard InChI is InChI=1S/C18H17ClN2O4/c19-14-7-4-8-15(11-14)25-12-17(22)21-20-16(9-10-18(23)24)13-5-2-1-3-6-13/h1-8,11H,9-10,12H2,(H,21,22)(H,23,24)/b20-16-. The number of carboxylic acid groups (broad SMARTS) is 1. The fourth-order valence-corrected chi connectivity index (χ4v) is 2.17. The highest BCUT2D eigenvalue weighted by Gasteiger charge is 2.08. The van der Waals surface area contributed by atoms with Crippen LogP contribution in [0.25, 0.3) is 0 Å². The summed E-state index contributed by atoms with van der Waals surface area (Å²) in [7, 11) is 0. The van der Waals surface area contributed by atoms with Crippen LogP contribution in [0.15, 0.2) is 59.7 Å². The van der Waals surface area contributed by atoms with Gasteiger partial charge in [0.25, 0.3) is 5.91 Å². The third-order valence-electron chi connectivity index (χ3n) is 3.16. The van der Waals surface area contributed by atoms with Gasteiger partial charge in [0.15, 0.2) is 6.61 Å². The summed E-state index contributed by atoms with van der Waals surface area (Å²) in [6.07, 6.45) is 0.122. The highest BCUT2D eigenvalue weighted by Crippen LogP contribution is 2.16. The summed E-state index contributed by atoms with van der Waals surface area (Å²) < 4.78 is 5.32. The van der Waals surface area contributed by atoms with Crippen LogP contribution >= 0.6 is 11.6 Å². The zero-order valence-corrected chi connectivity index (χ0v) is 14.1. The van der Waals surface area contributed by atoms with Gasteiger partial charge in [-0.2, -0.15) is 5.10 Å². The fourth-order valence-electron chi connectivity index (χ4n) is 1.99. The smallest absolute Gasteiger partial charge is 0.303 e. The first-order valence-electron chi connectivity index (χ1n) is 7.55. The number of hydrogen-bond donors (Lipinski definition) is 2. The average molecular weight is 361 g/mol. The van der Waals surface area contributed by atoms with Gasteiger partial charge in [-0.25, -0.2) is 5.43 Å². The number of hydrazone groups is 1. The molecule has 0 fully saturated rings. The van der Waals surface area contributed by atoms with E-state index < -0.39 is 11.9 Å². The van der Waals surface area contributed by atoms with Gasteiger partial charge in [0.1, 0.15) is 5.75 Å². The number of carbonyl (C=O) groups excluding carboxylic acids is 1. The van der Waals surface area contributed by atoms with E-state index in [0.29, 0.717) is 16.5 Å². The Morgan fingerprint density at radius 3 is 2.52 bits per heavy atom. The van der Waals surface area contributed by atoms with E-state index in [1.54, 1.807) is 36.4 Å². The minimum Gasteiger partial charge on any atom is -0.484 e. The van der Waals surface area contributed by atoms with Crippen LogP contribution in [0.2, 0.25) is 5.02 Å². The Morgan fingerprint density at radius 1 is 1.08 bits per heavy atom. The molecule has 6 nitrogen and oxygen atoms in total. The molecule has 2 rings (SSSR count). The lowest BCUT2D eigenvalue weighted by Crippen LogP contribution is -2.26. The first kappa shape index (κ1) is 18.5. The number of hydrogen-bond acceptors (Lipinski definition) is 4. The molecule has 0 radical (unpaired) electrons. The van der Waals surface area contributed by atoms with Crippen molar-refractivity contribution in [3.05, 3.63) is 65.2 Å². The molecule has 0 aliphatic carbocycles. The lowest BCUT2D eigenvalue weighted by atomic mass is 10.1. The summed E-state index contributed by atoms with van der Waals surface area (Å²) in [4.78, 5) is 22.7. The van der Waals surface area contributed by atoms with Gasteiger partial charge in [-0.3, -0.25) is 9.59 Å². The highest BCUT2D eigenvalue weighted by atomic mass is 35.5. The van der Waals surface area contributed by atoms with Crippen LogP contribution in [0, 0.1) is 0 Å². The summed E-state index contributed by atoms with van der Waals surface area (Å²) in [6, 6.07) is 15.8. The molecule has 0 spiro atoms. The zero-order valence-electron chi connectivity index (χ0n) is 13.3. The van der Waals surface area contributed by atoms with E-state index in [4.69, 9.17) is 21.4 Å². The van der Waals surface area contributed by atoms with Crippen molar-refractivity contribution >= 4 is 29.2 Å². The molecular weight excluding hydrogens is 344 g/mol. The van der Waals surface area contributed by atoms with E-state index in [1.165, 1.54) is 0 Å². The first-order chi connectivity index (χ1) is 12.0. The number of halogens is 1. The van der Waals surface area contributed by atoms with Crippen molar-refractivity contribution < 1.29 is 19.4 Å². The summed E-state index contributed by atoms with van der Waals surface area (Å²) in [5.41, 5.74) is 3.62. The SMILES string of the molecule is O=C(O)CC/C(=N/NC(=O)COc1cccc(Cl)c1)c1ccccc1. The fraction of sp³-hybridized carbons (Fsp3) is 0.167. The van der Waals surface area contributed by atoms with Gasteiger partial charge in [0.05, 0.1) is 12.1 Å². The second-order valence-corrected chi connectivity index (χ2v) is 5.54. The van der Waals surface area contributed by atoms with Crippen LogP contribution in [0.1, 0.15) is 18.4 Å².